The predicted octanol–water partition coefficient (Wildman–Crippen LogP) is 2.76. The molecule has 100 valence electrons. The Hall–Kier alpha value is -0.570. The standard InChI is InChI=1S/C14H26O3/c1-10(2)14(7-5-6-11(3)8-14)13(16)9-17-12(4)15/h10-11,13,16H,5-9H2,1-4H3/t11-,13?,14?/m1/s1. The third-order valence-corrected chi connectivity index (χ3v) is 4.33. The van der Waals surface area contributed by atoms with Gasteiger partial charge in [-0.25, -0.2) is 0 Å². The van der Waals surface area contributed by atoms with E-state index in [9.17, 15) is 9.90 Å². The number of carbonyl (C=O) groups excluding carboxylic acids is 1. The summed E-state index contributed by atoms with van der Waals surface area (Å²) >= 11 is 0. The lowest BCUT2D eigenvalue weighted by molar-refractivity contribution is -0.150. The lowest BCUT2D eigenvalue weighted by Crippen LogP contribution is -2.45. The molecular formula is C14H26O3. The highest BCUT2D eigenvalue weighted by Gasteiger charge is 2.43. The highest BCUT2D eigenvalue weighted by atomic mass is 16.5. The third kappa shape index (κ3) is 3.44. The topological polar surface area (TPSA) is 46.5 Å². The third-order valence-electron chi connectivity index (χ3n) is 4.33. The van der Waals surface area contributed by atoms with Crippen molar-refractivity contribution in [2.24, 2.45) is 17.3 Å². The van der Waals surface area contributed by atoms with Crippen LogP contribution in [0.5, 0.6) is 0 Å². The summed E-state index contributed by atoms with van der Waals surface area (Å²) in [4.78, 5) is 10.8. The number of hydrogen-bond acceptors (Lipinski definition) is 3. The van der Waals surface area contributed by atoms with Gasteiger partial charge in [0, 0.05) is 12.3 Å². The average Bonchev–Trinajstić information content (AvgIpc) is 2.25. The summed E-state index contributed by atoms with van der Waals surface area (Å²) in [7, 11) is 0. The molecule has 17 heavy (non-hydrogen) atoms. The molecule has 1 N–H and O–H groups in total. The molecule has 2 unspecified atom stereocenters. The van der Waals surface area contributed by atoms with Crippen molar-refractivity contribution in [1.29, 1.82) is 0 Å². The number of aliphatic hydroxyl groups is 1. The van der Waals surface area contributed by atoms with Crippen LogP contribution in [0.1, 0.15) is 53.4 Å². The van der Waals surface area contributed by atoms with Crippen molar-refractivity contribution in [1.82, 2.24) is 0 Å². The van der Waals surface area contributed by atoms with E-state index >= 15 is 0 Å². The molecule has 3 atom stereocenters. The second-order valence-electron chi connectivity index (χ2n) is 5.91. The van der Waals surface area contributed by atoms with Gasteiger partial charge in [-0.05, 0) is 24.7 Å². The second-order valence-corrected chi connectivity index (χ2v) is 5.91. The Morgan fingerprint density at radius 2 is 2.18 bits per heavy atom. The fraction of sp³-hybridized carbons (Fsp3) is 0.929. The number of hydrogen-bond donors (Lipinski definition) is 1. The van der Waals surface area contributed by atoms with Crippen molar-refractivity contribution in [3.8, 4) is 0 Å². The highest BCUT2D eigenvalue weighted by molar-refractivity contribution is 5.65. The predicted molar refractivity (Wildman–Crippen MR) is 67.5 cm³/mol. The first-order valence-corrected chi connectivity index (χ1v) is 6.70. The molecule has 0 aliphatic heterocycles. The molecule has 1 rings (SSSR count). The number of carbonyl (C=O) groups is 1. The first-order chi connectivity index (χ1) is 7.88. The normalized spacial score (nSPS) is 31.3. The van der Waals surface area contributed by atoms with E-state index in [1.165, 1.54) is 13.3 Å². The molecule has 0 heterocycles. The zero-order valence-electron chi connectivity index (χ0n) is 11.5. The molecule has 0 amide bonds. The molecule has 0 radical (unpaired) electrons. The highest BCUT2D eigenvalue weighted by Crippen LogP contribution is 2.47. The van der Waals surface area contributed by atoms with Crippen LogP contribution < -0.4 is 0 Å². The van der Waals surface area contributed by atoms with Crippen molar-refractivity contribution >= 4 is 5.97 Å². The van der Waals surface area contributed by atoms with Crippen LogP contribution in [0.15, 0.2) is 0 Å². The average molecular weight is 242 g/mol. The van der Waals surface area contributed by atoms with E-state index in [-0.39, 0.29) is 18.0 Å². The Morgan fingerprint density at radius 3 is 2.65 bits per heavy atom. The van der Waals surface area contributed by atoms with E-state index < -0.39 is 6.10 Å². The SMILES string of the molecule is CC(=O)OCC(O)C1(C(C)C)CCC[C@@H](C)C1. The molecule has 0 aromatic rings. The van der Waals surface area contributed by atoms with Gasteiger partial charge in [0.1, 0.15) is 6.61 Å². The van der Waals surface area contributed by atoms with Crippen LogP contribution in [0.2, 0.25) is 0 Å². The van der Waals surface area contributed by atoms with Gasteiger partial charge in [-0.2, -0.15) is 0 Å². The van der Waals surface area contributed by atoms with Crippen molar-refractivity contribution in [3.05, 3.63) is 0 Å². The van der Waals surface area contributed by atoms with E-state index in [0.29, 0.717) is 11.8 Å². The van der Waals surface area contributed by atoms with Crippen LogP contribution in [0.4, 0.5) is 0 Å². The molecule has 1 aliphatic carbocycles. The number of aliphatic hydroxyl groups excluding tert-OH is 1. The summed E-state index contributed by atoms with van der Waals surface area (Å²) in [5, 5.41) is 10.4. The summed E-state index contributed by atoms with van der Waals surface area (Å²) in [6.07, 6.45) is 3.95. The summed E-state index contributed by atoms with van der Waals surface area (Å²) in [6, 6.07) is 0. The van der Waals surface area contributed by atoms with Crippen molar-refractivity contribution in [2.75, 3.05) is 6.61 Å². The Morgan fingerprint density at radius 1 is 1.53 bits per heavy atom. The molecule has 1 saturated carbocycles. The van der Waals surface area contributed by atoms with Crippen molar-refractivity contribution in [2.45, 2.75) is 59.5 Å². The lowest BCUT2D eigenvalue weighted by Gasteiger charge is -2.46. The van der Waals surface area contributed by atoms with Crippen LogP contribution >= 0.6 is 0 Å². The molecule has 1 fully saturated rings. The maximum atomic E-state index is 10.8. The summed E-state index contributed by atoms with van der Waals surface area (Å²) in [5.74, 6) is 0.751. The van der Waals surface area contributed by atoms with Gasteiger partial charge in [0.05, 0.1) is 6.10 Å². The Kier molecular flexibility index (Phi) is 4.99. The van der Waals surface area contributed by atoms with Gasteiger partial charge in [0.15, 0.2) is 0 Å². The number of rotatable bonds is 4. The molecular weight excluding hydrogens is 216 g/mol. The zero-order valence-corrected chi connectivity index (χ0v) is 11.5. The minimum atomic E-state index is -0.533. The van der Waals surface area contributed by atoms with Gasteiger partial charge in [-0.1, -0.05) is 33.6 Å². The van der Waals surface area contributed by atoms with E-state index in [1.807, 2.05) is 0 Å². The fourth-order valence-electron chi connectivity index (χ4n) is 3.21. The molecule has 0 bridgehead atoms. The largest absolute Gasteiger partial charge is 0.463 e. The maximum Gasteiger partial charge on any atom is 0.302 e. The molecule has 0 spiro atoms. The van der Waals surface area contributed by atoms with Gasteiger partial charge in [0.25, 0.3) is 0 Å². The Labute approximate surface area is 105 Å². The van der Waals surface area contributed by atoms with E-state index in [2.05, 4.69) is 20.8 Å². The lowest BCUT2D eigenvalue weighted by atomic mass is 9.61. The van der Waals surface area contributed by atoms with Gasteiger partial charge in [-0.3, -0.25) is 4.79 Å². The second kappa shape index (κ2) is 5.85. The molecule has 3 heteroatoms. The number of ether oxygens (including phenoxy) is 1. The van der Waals surface area contributed by atoms with Crippen LogP contribution in [0.3, 0.4) is 0 Å². The Balaban J connectivity index is 2.72. The minimum Gasteiger partial charge on any atom is -0.463 e. The number of esters is 1. The smallest absolute Gasteiger partial charge is 0.302 e. The van der Waals surface area contributed by atoms with Crippen LogP contribution in [-0.4, -0.2) is 23.8 Å². The summed E-state index contributed by atoms with van der Waals surface area (Å²) < 4.78 is 4.98. The molecule has 0 aromatic carbocycles. The van der Waals surface area contributed by atoms with Gasteiger partial charge < -0.3 is 9.84 Å². The minimum absolute atomic E-state index is 0.0763. The van der Waals surface area contributed by atoms with Gasteiger partial charge >= 0.3 is 5.97 Å². The summed E-state index contributed by atoms with van der Waals surface area (Å²) in [5.41, 5.74) is -0.0763. The fourth-order valence-corrected chi connectivity index (χ4v) is 3.21. The van der Waals surface area contributed by atoms with Crippen LogP contribution in [0, 0.1) is 17.3 Å². The van der Waals surface area contributed by atoms with Crippen molar-refractivity contribution < 1.29 is 14.6 Å². The zero-order chi connectivity index (χ0) is 13.1. The van der Waals surface area contributed by atoms with E-state index in [0.717, 1.165) is 19.3 Å². The molecule has 1 aliphatic rings. The maximum absolute atomic E-state index is 10.8. The van der Waals surface area contributed by atoms with Gasteiger partial charge in [0.2, 0.25) is 0 Å². The van der Waals surface area contributed by atoms with Crippen molar-refractivity contribution in [3.63, 3.8) is 0 Å². The Bertz CT molecular complexity index is 262. The summed E-state index contributed by atoms with van der Waals surface area (Å²) in [6.45, 7) is 8.09. The van der Waals surface area contributed by atoms with Gasteiger partial charge in [-0.15, -0.1) is 0 Å². The van der Waals surface area contributed by atoms with Crippen LogP contribution in [-0.2, 0) is 9.53 Å². The first kappa shape index (κ1) is 14.5. The monoisotopic (exact) mass is 242 g/mol. The molecule has 0 saturated heterocycles. The molecule has 0 aromatic heterocycles. The van der Waals surface area contributed by atoms with E-state index in [1.54, 1.807) is 0 Å². The quantitative estimate of drug-likeness (QED) is 0.771. The van der Waals surface area contributed by atoms with Crippen LogP contribution in [0.25, 0.3) is 0 Å². The van der Waals surface area contributed by atoms with E-state index in [4.69, 9.17) is 4.74 Å². The first-order valence-electron chi connectivity index (χ1n) is 6.70. The molecule has 3 nitrogen and oxygen atoms in total.